The molecule has 86 valence electrons. The van der Waals surface area contributed by atoms with Crippen LogP contribution in [0.5, 0.6) is 0 Å². The van der Waals surface area contributed by atoms with Crippen LogP contribution in [-0.4, -0.2) is 4.98 Å². The first kappa shape index (κ1) is 11.4. The van der Waals surface area contributed by atoms with E-state index in [2.05, 4.69) is 17.2 Å². The molecule has 0 aliphatic rings. The van der Waals surface area contributed by atoms with Gasteiger partial charge in [0.25, 0.3) is 0 Å². The van der Waals surface area contributed by atoms with Gasteiger partial charge in [0.1, 0.15) is 11.8 Å². The van der Waals surface area contributed by atoms with Crippen molar-refractivity contribution in [1.82, 2.24) is 10.3 Å². The molecule has 0 aliphatic heterocycles. The van der Waals surface area contributed by atoms with Gasteiger partial charge in [-0.3, -0.25) is 4.98 Å². The number of rotatable bonds is 4. The Labute approximate surface area is 99.9 Å². The zero-order chi connectivity index (χ0) is 12.1. The number of hydrogen-bond donors (Lipinski definition) is 1. The van der Waals surface area contributed by atoms with Gasteiger partial charge in [0.15, 0.2) is 0 Å². The van der Waals surface area contributed by atoms with Crippen LogP contribution in [0.2, 0.25) is 0 Å². The SMILES string of the molecule is C[C@H](NCc1ccc(C#N)o1)c1ccncc1. The second-order valence-electron chi connectivity index (χ2n) is 3.76. The number of nitrogens with zero attached hydrogens (tertiary/aromatic N) is 2. The third-order valence-electron chi connectivity index (χ3n) is 2.56. The maximum atomic E-state index is 8.64. The molecule has 1 N–H and O–H groups in total. The van der Waals surface area contributed by atoms with Crippen LogP contribution in [0.15, 0.2) is 41.1 Å². The lowest BCUT2D eigenvalue weighted by atomic mass is 10.1. The van der Waals surface area contributed by atoms with Crippen LogP contribution in [0.25, 0.3) is 0 Å². The molecule has 0 unspecified atom stereocenters. The van der Waals surface area contributed by atoms with Gasteiger partial charge in [0.2, 0.25) is 5.76 Å². The number of hydrogen-bond acceptors (Lipinski definition) is 4. The van der Waals surface area contributed by atoms with Crippen molar-refractivity contribution in [3.8, 4) is 6.07 Å². The molecular weight excluding hydrogens is 214 g/mol. The topological polar surface area (TPSA) is 61.9 Å². The maximum absolute atomic E-state index is 8.64. The van der Waals surface area contributed by atoms with Crippen molar-refractivity contribution in [3.63, 3.8) is 0 Å². The summed E-state index contributed by atoms with van der Waals surface area (Å²) in [6.45, 7) is 2.68. The molecule has 0 saturated heterocycles. The van der Waals surface area contributed by atoms with Gasteiger partial charge in [-0.15, -0.1) is 0 Å². The van der Waals surface area contributed by atoms with Crippen molar-refractivity contribution in [3.05, 3.63) is 53.7 Å². The highest BCUT2D eigenvalue weighted by atomic mass is 16.3. The summed E-state index contributed by atoms with van der Waals surface area (Å²) in [7, 11) is 0. The summed E-state index contributed by atoms with van der Waals surface area (Å²) in [5.41, 5.74) is 1.17. The third-order valence-corrected chi connectivity index (χ3v) is 2.56. The molecule has 0 aliphatic carbocycles. The zero-order valence-corrected chi connectivity index (χ0v) is 9.55. The highest BCUT2D eigenvalue weighted by molar-refractivity contribution is 5.19. The molecule has 0 saturated carbocycles. The van der Waals surface area contributed by atoms with E-state index in [4.69, 9.17) is 9.68 Å². The predicted octanol–water partition coefficient (Wildman–Crippen LogP) is 2.40. The smallest absolute Gasteiger partial charge is 0.203 e. The van der Waals surface area contributed by atoms with Crippen LogP contribution in [0.4, 0.5) is 0 Å². The van der Waals surface area contributed by atoms with Crippen molar-refractivity contribution < 1.29 is 4.42 Å². The second-order valence-corrected chi connectivity index (χ2v) is 3.76. The van der Waals surface area contributed by atoms with E-state index in [1.165, 1.54) is 5.56 Å². The first-order chi connectivity index (χ1) is 8.29. The predicted molar refractivity (Wildman–Crippen MR) is 62.9 cm³/mol. The summed E-state index contributed by atoms with van der Waals surface area (Å²) in [6.07, 6.45) is 3.54. The largest absolute Gasteiger partial charge is 0.449 e. The Hall–Kier alpha value is -2.12. The Morgan fingerprint density at radius 1 is 1.35 bits per heavy atom. The standard InChI is InChI=1S/C13H13N3O/c1-10(11-4-6-15-7-5-11)16-9-13-3-2-12(8-14)17-13/h2-7,10,16H,9H2,1H3/t10-/m0/s1. The van der Waals surface area contributed by atoms with Gasteiger partial charge in [-0.2, -0.15) is 5.26 Å². The van der Waals surface area contributed by atoms with Crippen LogP contribution in [-0.2, 0) is 6.54 Å². The number of nitriles is 1. The Morgan fingerprint density at radius 2 is 2.12 bits per heavy atom. The highest BCUT2D eigenvalue weighted by Gasteiger charge is 2.06. The van der Waals surface area contributed by atoms with Crippen LogP contribution in [0.3, 0.4) is 0 Å². The molecule has 0 radical (unpaired) electrons. The molecular formula is C13H13N3O. The van der Waals surface area contributed by atoms with E-state index in [1.54, 1.807) is 18.5 Å². The van der Waals surface area contributed by atoms with Crippen LogP contribution >= 0.6 is 0 Å². The first-order valence-electron chi connectivity index (χ1n) is 5.41. The summed E-state index contributed by atoms with van der Waals surface area (Å²) in [4.78, 5) is 3.98. The molecule has 0 spiro atoms. The van der Waals surface area contributed by atoms with Gasteiger partial charge < -0.3 is 9.73 Å². The van der Waals surface area contributed by atoms with Gasteiger partial charge in [-0.25, -0.2) is 0 Å². The van der Waals surface area contributed by atoms with Gasteiger partial charge in [-0.05, 0) is 36.8 Å². The van der Waals surface area contributed by atoms with Crippen molar-refractivity contribution in [1.29, 1.82) is 5.26 Å². The number of aromatic nitrogens is 1. The lowest BCUT2D eigenvalue weighted by molar-refractivity contribution is 0.453. The fourth-order valence-corrected chi connectivity index (χ4v) is 1.56. The van der Waals surface area contributed by atoms with E-state index >= 15 is 0 Å². The molecule has 2 aromatic rings. The monoisotopic (exact) mass is 227 g/mol. The highest BCUT2D eigenvalue weighted by Crippen LogP contribution is 2.12. The minimum atomic E-state index is 0.216. The fraction of sp³-hybridized carbons (Fsp3) is 0.231. The zero-order valence-electron chi connectivity index (χ0n) is 9.55. The molecule has 2 rings (SSSR count). The van der Waals surface area contributed by atoms with E-state index in [-0.39, 0.29) is 6.04 Å². The number of furan rings is 1. The van der Waals surface area contributed by atoms with Crippen molar-refractivity contribution in [2.75, 3.05) is 0 Å². The van der Waals surface area contributed by atoms with Crippen LogP contribution in [0.1, 0.15) is 30.0 Å². The lowest BCUT2D eigenvalue weighted by Gasteiger charge is -2.12. The molecule has 4 nitrogen and oxygen atoms in total. The minimum absolute atomic E-state index is 0.216. The molecule has 0 bridgehead atoms. The Kier molecular flexibility index (Phi) is 3.53. The summed E-state index contributed by atoms with van der Waals surface area (Å²) >= 11 is 0. The van der Waals surface area contributed by atoms with E-state index in [0.29, 0.717) is 12.3 Å². The van der Waals surface area contributed by atoms with E-state index in [9.17, 15) is 0 Å². The molecule has 0 aromatic carbocycles. The number of nitrogens with one attached hydrogen (secondary N) is 1. The lowest BCUT2D eigenvalue weighted by Crippen LogP contribution is -2.17. The molecule has 0 fully saturated rings. The molecule has 1 atom stereocenters. The van der Waals surface area contributed by atoms with Crippen LogP contribution in [0, 0.1) is 11.3 Å². The summed E-state index contributed by atoms with van der Waals surface area (Å²) in [5.74, 6) is 1.11. The van der Waals surface area contributed by atoms with Gasteiger partial charge in [0, 0.05) is 18.4 Å². The Balaban J connectivity index is 1.92. The van der Waals surface area contributed by atoms with Gasteiger partial charge in [-0.1, -0.05) is 0 Å². The van der Waals surface area contributed by atoms with E-state index in [0.717, 1.165) is 5.76 Å². The molecule has 17 heavy (non-hydrogen) atoms. The molecule has 0 amide bonds. The third kappa shape index (κ3) is 2.92. The number of pyridine rings is 1. The first-order valence-corrected chi connectivity index (χ1v) is 5.41. The van der Waals surface area contributed by atoms with E-state index in [1.807, 2.05) is 24.3 Å². The quantitative estimate of drug-likeness (QED) is 0.871. The summed E-state index contributed by atoms with van der Waals surface area (Å²) < 4.78 is 5.28. The Bertz CT molecular complexity index is 513. The molecule has 2 heterocycles. The van der Waals surface area contributed by atoms with Gasteiger partial charge >= 0.3 is 0 Å². The summed E-state index contributed by atoms with van der Waals surface area (Å²) in [5, 5.41) is 12.0. The molecule has 2 aromatic heterocycles. The Morgan fingerprint density at radius 3 is 2.76 bits per heavy atom. The van der Waals surface area contributed by atoms with Crippen molar-refractivity contribution >= 4 is 0 Å². The summed E-state index contributed by atoms with van der Waals surface area (Å²) in [6, 6.07) is 9.61. The average Bonchev–Trinajstić information content (AvgIpc) is 2.85. The van der Waals surface area contributed by atoms with Crippen LogP contribution < -0.4 is 5.32 Å². The second kappa shape index (κ2) is 5.28. The normalized spacial score (nSPS) is 12.0. The van der Waals surface area contributed by atoms with E-state index < -0.39 is 0 Å². The molecule has 4 heteroatoms. The maximum Gasteiger partial charge on any atom is 0.203 e. The van der Waals surface area contributed by atoms with Gasteiger partial charge in [0.05, 0.1) is 6.54 Å². The average molecular weight is 227 g/mol. The minimum Gasteiger partial charge on any atom is -0.449 e. The fourth-order valence-electron chi connectivity index (χ4n) is 1.56. The van der Waals surface area contributed by atoms with Crippen molar-refractivity contribution in [2.45, 2.75) is 19.5 Å². The van der Waals surface area contributed by atoms with Crippen molar-refractivity contribution in [2.24, 2.45) is 0 Å².